The summed E-state index contributed by atoms with van der Waals surface area (Å²) in [6.07, 6.45) is 1.41. The number of nitrogens with zero attached hydrogens (tertiary/aromatic N) is 1. The molecule has 0 aromatic carbocycles. The highest BCUT2D eigenvalue weighted by Gasteiger charge is 2.05. The summed E-state index contributed by atoms with van der Waals surface area (Å²) in [4.78, 5) is 14.3. The van der Waals surface area contributed by atoms with Crippen molar-refractivity contribution in [3.05, 3.63) is 28.5 Å². The third-order valence-corrected chi connectivity index (χ3v) is 1.76. The second-order valence-corrected chi connectivity index (χ2v) is 2.89. The van der Waals surface area contributed by atoms with Gasteiger partial charge >= 0.3 is 5.97 Å². The Labute approximate surface area is 75.0 Å². The molecule has 1 aromatic heterocycles. The first-order valence-corrected chi connectivity index (χ1v) is 3.80. The minimum atomic E-state index is -0.900. The van der Waals surface area contributed by atoms with Crippen LogP contribution < -0.4 is 0 Å². The molecule has 1 heterocycles. The van der Waals surface area contributed by atoms with Gasteiger partial charge in [0.25, 0.3) is 0 Å². The maximum Gasteiger partial charge on any atom is 0.307 e. The number of carbonyl (C=O) groups is 1. The van der Waals surface area contributed by atoms with Crippen molar-refractivity contribution < 1.29 is 9.90 Å². The van der Waals surface area contributed by atoms with E-state index in [1.165, 1.54) is 6.20 Å². The van der Waals surface area contributed by atoms with Gasteiger partial charge in [-0.25, -0.2) is 0 Å². The van der Waals surface area contributed by atoms with Crippen molar-refractivity contribution in [3.8, 4) is 0 Å². The van der Waals surface area contributed by atoms with Gasteiger partial charge in [-0.15, -0.1) is 0 Å². The summed E-state index contributed by atoms with van der Waals surface area (Å²) in [5.41, 5.74) is 1.34. The van der Waals surface area contributed by atoms with Crippen molar-refractivity contribution in [1.29, 1.82) is 0 Å². The normalized spacial score (nSPS) is 9.83. The van der Waals surface area contributed by atoms with Crippen LogP contribution in [-0.4, -0.2) is 16.1 Å². The van der Waals surface area contributed by atoms with E-state index in [-0.39, 0.29) is 6.42 Å². The van der Waals surface area contributed by atoms with Crippen LogP contribution in [0.25, 0.3) is 0 Å². The number of aryl methyl sites for hydroxylation is 1. The topological polar surface area (TPSA) is 50.2 Å². The molecular weight excluding hydrogens is 178 g/mol. The van der Waals surface area contributed by atoms with Crippen molar-refractivity contribution in [1.82, 2.24) is 4.98 Å². The van der Waals surface area contributed by atoms with E-state index in [4.69, 9.17) is 16.7 Å². The van der Waals surface area contributed by atoms with Crippen LogP contribution in [0.1, 0.15) is 11.3 Å². The fourth-order valence-electron chi connectivity index (χ4n) is 0.848. The molecule has 0 amide bonds. The molecule has 1 rings (SSSR count). The van der Waals surface area contributed by atoms with Gasteiger partial charge in [0, 0.05) is 22.5 Å². The summed E-state index contributed by atoms with van der Waals surface area (Å²) in [5.74, 6) is -0.900. The molecule has 0 atom stereocenters. The first-order valence-electron chi connectivity index (χ1n) is 3.42. The quantitative estimate of drug-likeness (QED) is 0.763. The Morgan fingerprint density at radius 2 is 2.42 bits per heavy atom. The summed E-state index contributed by atoms with van der Waals surface area (Å²) < 4.78 is 0. The van der Waals surface area contributed by atoms with Crippen LogP contribution in [0.5, 0.6) is 0 Å². The lowest BCUT2D eigenvalue weighted by Crippen LogP contribution is -2.01. The van der Waals surface area contributed by atoms with Crippen LogP contribution in [0.3, 0.4) is 0 Å². The largest absolute Gasteiger partial charge is 0.481 e. The molecule has 0 saturated heterocycles. The van der Waals surface area contributed by atoms with E-state index in [1.807, 2.05) is 0 Å². The lowest BCUT2D eigenvalue weighted by Gasteiger charge is -2.00. The second kappa shape index (κ2) is 3.54. The number of hydrogen-bond donors (Lipinski definition) is 1. The lowest BCUT2D eigenvalue weighted by atomic mass is 10.2. The predicted octanol–water partition coefficient (Wildman–Crippen LogP) is 1.67. The molecular formula is C8H8ClNO2. The molecule has 0 radical (unpaired) electrons. The third-order valence-electron chi connectivity index (χ3n) is 1.41. The molecule has 1 aromatic rings. The zero-order valence-corrected chi connectivity index (χ0v) is 7.30. The molecule has 1 N–H and O–H groups in total. The number of carboxylic acids is 1. The zero-order chi connectivity index (χ0) is 9.14. The highest BCUT2D eigenvalue weighted by atomic mass is 35.5. The Balaban J connectivity index is 2.93. The Morgan fingerprint density at radius 3 is 2.92 bits per heavy atom. The fraction of sp³-hybridized carbons (Fsp3) is 0.250. The van der Waals surface area contributed by atoms with E-state index in [0.717, 1.165) is 5.69 Å². The first kappa shape index (κ1) is 9.00. The fourth-order valence-corrected chi connectivity index (χ4v) is 1.12. The zero-order valence-electron chi connectivity index (χ0n) is 6.54. The van der Waals surface area contributed by atoms with E-state index >= 15 is 0 Å². The summed E-state index contributed by atoms with van der Waals surface area (Å²) >= 11 is 5.77. The molecule has 0 bridgehead atoms. The molecule has 0 aliphatic carbocycles. The van der Waals surface area contributed by atoms with Gasteiger partial charge in [-0.2, -0.15) is 0 Å². The van der Waals surface area contributed by atoms with Crippen LogP contribution in [0, 0.1) is 6.92 Å². The Hall–Kier alpha value is -1.09. The van der Waals surface area contributed by atoms with Gasteiger partial charge in [0.1, 0.15) is 0 Å². The van der Waals surface area contributed by atoms with Crippen molar-refractivity contribution in [2.45, 2.75) is 13.3 Å². The van der Waals surface area contributed by atoms with Crippen LogP contribution in [-0.2, 0) is 11.2 Å². The van der Waals surface area contributed by atoms with Crippen LogP contribution >= 0.6 is 11.6 Å². The maximum atomic E-state index is 10.3. The number of halogens is 1. The molecule has 0 unspecified atom stereocenters. The van der Waals surface area contributed by atoms with Gasteiger partial charge in [0.2, 0.25) is 0 Å². The molecule has 3 nitrogen and oxygen atoms in total. The van der Waals surface area contributed by atoms with Gasteiger partial charge in [0.05, 0.1) is 6.42 Å². The Morgan fingerprint density at radius 1 is 1.75 bits per heavy atom. The molecule has 0 fully saturated rings. The number of aliphatic carboxylic acids is 1. The summed E-state index contributed by atoms with van der Waals surface area (Å²) in [7, 11) is 0. The highest BCUT2D eigenvalue weighted by molar-refractivity contribution is 6.31. The molecule has 64 valence electrons. The number of aromatic nitrogens is 1. The molecule has 0 spiro atoms. The number of rotatable bonds is 2. The minimum Gasteiger partial charge on any atom is -0.481 e. The summed E-state index contributed by atoms with van der Waals surface area (Å²) in [5, 5.41) is 8.94. The smallest absolute Gasteiger partial charge is 0.307 e. The molecule has 0 aliphatic heterocycles. The van der Waals surface area contributed by atoms with Crippen molar-refractivity contribution >= 4 is 17.6 Å². The van der Waals surface area contributed by atoms with Crippen LogP contribution in [0.4, 0.5) is 0 Å². The Kier molecular flexibility index (Phi) is 2.65. The average Bonchev–Trinajstić information content (AvgIpc) is 1.94. The van der Waals surface area contributed by atoms with Gasteiger partial charge < -0.3 is 5.11 Å². The van der Waals surface area contributed by atoms with Crippen molar-refractivity contribution in [2.75, 3.05) is 0 Å². The monoisotopic (exact) mass is 185 g/mol. The summed E-state index contributed by atoms with van der Waals surface area (Å²) in [6.45, 7) is 1.80. The summed E-state index contributed by atoms with van der Waals surface area (Å²) in [6, 6.07) is 1.65. The van der Waals surface area contributed by atoms with Crippen molar-refractivity contribution in [2.24, 2.45) is 0 Å². The number of carboxylic acid groups (broad SMARTS) is 1. The third kappa shape index (κ3) is 2.20. The van der Waals surface area contributed by atoms with Gasteiger partial charge in [-0.1, -0.05) is 11.6 Å². The van der Waals surface area contributed by atoms with Gasteiger partial charge in [-0.05, 0) is 13.0 Å². The second-order valence-electron chi connectivity index (χ2n) is 2.49. The SMILES string of the molecule is Cc1cc(Cl)c(CC(=O)O)cn1. The lowest BCUT2D eigenvalue weighted by molar-refractivity contribution is -0.136. The van der Waals surface area contributed by atoms with Crippen LogP contribution in [0.2, 0.25) is 5.02 Å². The van der Waals surface area contributed by atoms with E-state index in [2.05, 4.69) is 4.98 Å². The molecule has 0 saturated carbocycles. The molecule has 4 heteroatoms. The van der Waals surface area contributed by atoms with E-state index in [9.17, 15) is 4.79 Å². The first-order chi connectivity index (χ1) is 5.59. The van der Waals surface area contributed by atoms with E-state index < -0.39 is 5.97 Å². The highest BCUT2D eigenvalue weighted by Crippen LogP contribution is 2.15. The maximum absolute atomic E-state index is 10.3. The van der Waals surface area contributed by atoms with Gasteiger partial charge in [-0.3, -0.25) is 9.78 Å². The van der Waals surface area contributed by atoms with E-state index in [1.54, 1.807) is 13.0 Å². The molecule has 12 heavy (non-hydrogen) atoms. The Bertz CT molecular complexity index is 312. The standard InChI is InChI=1S/C8H8ClNO2/c1-5-2-7(9)6(4-10-5)3-8(11)12/h2,4H,3H2,1H3,(H,11,12). The van der Waals surface area contributed by atoms with Crippen LogP contribution in [0.15, 0.2) is 12.3 Å². The van der Waals surface area contributed by atoms with E-state index in [0.29, 0.717) is 10.6 Å². The predicted molar refractivity (Wildman–Crippen MR) is 45.3 cm³/mol. The number of hydrogen-bond acceptors (Lipinski definition) is 2. The molecule has 0 aliphatic rings. The number of pyridine rings is 1. The average molecular weight is 186 g/mol. The van der Waals surface area contributed by atoms with Crippen molar-refractivity contribution in [3.63, 3.8) is 0 Å². The minimum absolute atomic E-state index is 0.0773. The van der Waals surface area contributed by atoms with Gasteiger partial charge in [0.15, 0.2) is 0 Å².